The molecular formula is C13H14N4O2. The lowest BCUT2D eigenvalue weighted by molar-refractivity contribution is 0.102. The summed E-state index contributed by atoms with van der Waals surface area (Å²) in [7, 11) is 0. The predicted octanol–water partition coefficient (Wildman–Crippen LogP) is 0.846. The molecule has 2 aromatic rings. The lowest BCUT2D eigenvalue weighted by Crippen LogP contribution is -2.14. The number of aliphatic hydroxyl groups excluding tert-OH is 1. The van der Waals surface area contributed by atoms with Gasteiger partial charge in [0.25, 0.3) is 5.91 Å². The lowest BCUT2D eigenvalue weighted by Gasteiger charge is -2.05. The van der Waals surface area contributed by atoms with E-state index in [2.05, 4.69) is 15.3 Å². The molecule has 4 N–H and O–H groups in total. The number of hydrogen-bond donors (Lipinski definition) is 3. The highest BCUT2D eigenvalue weighted by Gasteiger charge is 2.07. The van der Waals surface area contributed by atoms with E-state index in [4.69, 9.17) is 10.8 Å². The Balaban J connectivity index is 2.04. The summed E-state index contributed by atoms with van der Waals surface area (Å²) in [5, 5.41) is 11.5. The molecule has 0 spiro atoms. The van der Waals surface area contributed by atoms with Crippen LogP contribution in [0, 0.1) is 0 Å². The number of anilines is 2. The summed E-state index contributed by atoms with van der Waals surface area (Å²) in [4.78, 5) is 19.5. The molecule has 0 atom stereocenters. The average molecular weight is 258 g/mol. The molecule has 0 radical (unpaired) electrons. The Kier molecular flexibility index (Phi) is 4.04. The molecule has 0 saturated carbocycles. The summed E-state index contributed by atoms with van der Waals surface area (Å²) in [6.45, 7) is 0.104. The van der Waals surface area contributed by atoms with Crippen LogP contribution in [0.5, 0.6) is 0 Å². The van der Waals surface area contributed by atoms with Crippen molar-refractivity contribution in [1.82, 2.24) is 9.97 Å². The molecule has 0 unspecified atom stereocenters. The van der Waals surface area contributed by atoms with E-state index >= 15 is 0 Å². The van der Waals surface area contributed by atoms with Gasteiger partial charge in [-0.3, -0.25) is 4.79 Å². The number of nitrogens with two attached hydrogens (primary N) is 1. The van der Waals surface area contributed by atoms with Gasteiger partial charge in [-0.25, -0.2) is 9.97 Å². The standard InChI is InChI=1S/C13H14N4O2/c14-12-8-15-11(7-16-12)13(19)17-10-3-1-9(2-4-10)5-6-18/h1-4,7-8,18H,5-6H2,(H2,14,16)(H,17,19). The summed E-state index contributed by atoms with van der Waals surface area (Å²) in [6, 6.07) is 7.24. The molecule has 1 aromatic heterocycles. The summed E-state index contributed by atoms with van der Waals surface area (Å²) < 4.78 is 0. The molecule has 19 heavy (non-hydrogen) atoms. The van der Waals surface area contributed by atoms with E-state index in [9.17, 15) is 4.79 Å². The second-order valence-corrected chi connectivity index (χ2v) is 3.95. The van der Waals surface area contributed by atoms with Crippen molar-refractivity contribution in [2.24, 2.45) is 0 Å². The van der Waals surface area contributed by atoms with E-state index in [0.717, 1.165) is 5.56 Å². The molecule has 0 fully saturated rings. The molecular weight excluding hydrogens is 244 g/mol. The Morgan fingerprint density at radius 3 is 2.53 bits per heavy atom. The van der Waals surface area contributed by atoms with Gasteiger partial charge in [-0.05, 0) is 24.1 Å². The fourth-order valence-electron chi connectivity index (χ4n) is 1.53. The second-order valence-electron chi connectivity index (χ2n) is 3.95. The van der Waals surface area contributed by atoms with Gasteiger partial charge in [0.15, 0.2) is 0 Å². The van der Waals surface area contributed by atoms with Crippen molar-refractivity contribution >= 4 is 17.4 Å². The fourth-order valence-corrected chi connectivity index (χ4v) is 1.53. The number of rotatable bonds is 4. The largest absolute Gasteiger partial charge is 0.396 e. The number of amides is 1. The molecule has 2 rings (SSSR count). The number of hydrogen-bond acceptors (Lipinski definition) is 5. The zero-order valence-corrected chi connectivity index (χ0v) is 10.2. The van der Waals surface area contributed by atoms with Gasteiger partial charge < -0.3 is 16.2 Å². The first-order chi connectivity index (χ1) is 9.19. The van der Waals surface area contributed by atoms with Gasteiger partial charge in [0.1, 0.15) is 11.5 Å². The van der Waals surface area contributed by atoms with Crippen molar-refractivity contribution in [2.45, 2.75) is 6.42 Å². The second kappa shape index (κ2) is 5.92. The number of benzene rings is 1. The maximum absolute atomic E-state index is 11.8. The Morgan fingerprint density at radius 2 is 1.95 bits per heavy atom. The summed E-state index contributed by atoms with van der Waals surface area (Å²) >= 11 is 0. The van der Waals surface area contributed by atoms with Crippen LogP contribution in [-0.2, 0) is 6.42 Å². The third-order valence-electron chi connectivity index (χ3n) is 2.52. The fraction of sp³-hybridized carbons (Fsp3) is 0.154. The van der Waals surface area contributed by atoms with E-state index in [1.165, 1.54) is 12.4 Å². The molecule has 6 nitrogen and oxygen atoms in total. The van der Waals surface area contributed by atoms with Gasteiger partial charge in [0.05, 0.1) is 12.4 Å². The predicted molar refractivity (Wildman–Crippen MR) is 71.6 cm³/mol. The molecule has 1 aromatic carbocycles. The van der Waals surface area contributed by atoms with Crippen LogP contribution in [0.3, 0.4) is 0 Å². The van der Waals surface area contributed by atoms with Gasteiger partial charge in [0.2, 0.25) is 0 Å². The van der Waals surface area contributed by atoms with E-state index in [-0.39, 0.29) is 24.0 Å². The van der Waals surface area contributed by atoms with Gasteiger partial charge in [-0.2, -0.15) is 0 Å². The van der Waals surface area contributed by atoms with Crippen LogP contribution in [0.1, 0.15) is 16.1 Å². The molecule has 0 aliphatic carbocycles. The molecule has 6 heteroatoms. The van der Waals surface area contributed by atoms with Crippen LogP contribution in [0.2, 0.25) is 0 Å². The highest BCUT2D eigenvalue weighted by Crippen LogP contribution is 2.11. The highest BCUT2D eigenvalue weighted by molar-refractivity contribution is 6.02. The Bertz CT molecular complexity index is 552. The van der Waals surface area contributed by atoms with Crippen molar-refractivity contribution in [3.63, 3.8) is 0 Å². The summed E-state index contributed by atoms with van der Waals surface area (Å²) in [6.07, 6.45) is 3.25. The first-order valence-electron chi connectivity index (χ1n) is 5.77. The van der Waals surface area contributed by atoms with Crippen molar-refractivity contribution in [3.05, 3.63) is 47.9 Å². The summed E-state index contributed by atoms with van der Waals surface area (Å²) in [5.41, 5.74) is 7.27. The molecule has 0 aliphatic heterocycles. The number of carbonyl (C=O) groups excluding carboxylic acids is 1. The van der Waals surface area contributed by atoms with Crippen molar-refractivity contribution in [1.29, 1.82) is 0 Å². The SMILES string of the molecule is Nc1cnc(C(=O)Nc2ccc(CCO)cc2)cn1. The zero-order valence-electron chi connectivity index (χ0n) is 10.2. The first kappa shape index (κ1) is 13.0. The number of nitrogen functional groups attached to an aromatic ring is 1. The van der Waals surface area contributed by atoms with E-state index in [1.54, 1.807) is 12.1 Å². The molecule has 98 valence electrons. The normalized spacial score (nSPS) is 10.2. The third kappa shape index (κ3) is 3.49. The van der Waals surface area contributed by atoms with E-state index < -0.39 is 0 Å². The van der Waals surface area contributed by atoms with Crippen LogP contribution in [0.4, 0.5) is 11.5 Å². The van der Waals surface area contributed by atoms with E-state index in [0.29, 0.717) is 12.1 Å². The third-order valence-corrected chi connectivity index (χ3v) is 2.52. The minimum atomic E-state index is -0.345. The summed E-state index contributed by atoms with van der Waals surface area (Å²) in [5.74, 6) is -0.0766. The van der Waals surface area contributed by atoms with Crippen LogP contribution < -0.4 is 11.1 Å². The molecule has 0 saturated heterocycles. The minimum Gasteiger partial charge on any atom is -0.396 e. The Labute approximate surface area is 110 Å². The number of carbonyl (C=O) groups is 1. The number of nitrogens with one attached hydrogen (secondary N) is 1. The molecule has 1 amide bonds. The van der Waals surface area contributed by atoms with Crippen molar-refractivity contribution in [3.8, 4) is 0 Å². The monoisotopic (exact) mass is 258 g/mol. The average Bonchev–Trinajstić information content (AvgIpc) is 2.42. The minimum absolute atomic E-state index is 0.104. The molecule has 0 bridgehead atoms. The van der Waals surface area contributed by atoms with Gasteiger partial charge >= 0.3 is 0 Å². The molecule has 0 aliphatic rings. The van der Waals surface area contributed by atoms with E-state index in [1.807, 2.05) is 12.1 Å². The Morgan fingerprint density at radius 1 is 1.21 bits per heavy atom. The van der Waals surface area contributed by atoms with Gasteiger partial charge in [-0.15, -0.1) is 0 Å². The van der Waals surface area contributed by atoms with Crippen LogP contribution >= 0.6 is 0 Å². The Hall–Kier alpha value is -2.47. The quantitative estimate of drug-likeness (QED) is 0.754. The maximum Gasteiger partial charge on any atom is 0.275 e. The number of aliphatic hydroxyl groups is 1. The van der Waals surface area contributed by atoms with Crippen molar-refractivity contribution < 1.29 is 9.90 Å². The van der Waals surface area contributed by atoms with Crippen molar-refractivity contribution in [2.75, 3.05) is 17.7 Å². The zero-order chi connectivity index (χ0) is 13.7. The smallest absolute Gasteiger partial charge is 0.275 e. The van der Waals surface area contributed by atoms with Gasteiger partial charge in [0, 0.05) is 12.3 Å². The van der Waals surface area contributed by atoms with Crippen LogP contribution in [-0.4, -0.2) is 27.6 Å². The highest BCUT2D eigenvalue weighted by atomic mass is 16.2. The van der Waals surface area contributed by atoms with Crippen LogP contribution in [0.25, 0.3) is 0 Å². The van der Waals surface area contributed by atoms with Gasteiger partial charge in [-0.1, -0.05) is 12.1 Å². The topological polar surface area (TPSA) is 101 Å². The number of nitrogens with zero attached hydrogens (tertiary/aromatic N) is 2. The number of aromatic nitrogens is 2. The molecule has 1 heterocycles. The lowest BCUT2D eigenvalue weighted by atomic mass is 10.1. The van der Waals surface area contributed by atoms with Crippen LogP contribution in [0.15, 0.2) is 36.7 Å². The maximum atomic E-state index is 11.8. The first-order valence-corrected chi connectivity index (χ1v) is 5.77.